The van der Waals surface area contributed by atoms with Gasteiger partial charge in [-0.2, -0.15) is 13.2 Å². The number of carbonyl (C=O) groups is 1. The van der Waals surface area contributed by atoms with Gasteiger partial charge in [-0.3, -0.25) is 10.1 Å². The Hall–Kier alpha value is -3.01. The quantitative estimate of drug-likeness (QED) is 0.591. The molecule has 10 heteroatoms. The Bertz CT molecular complexity index is 970. The van der Waals surface area contributed by atoms with Gasteiger partial charge < -0.3 is 4.74 Å². The smallest absolute Gasteiger partial charge is 0.417 e. The first-order valence-corrected chi connectivity index (χ1v) is 9.47. The van der Waals surface area contributed by atoms with Crippen LogP contribution in [0.25, 0.3) is 0 Å². The molecule has 0 saturated carbocycles. The molecule has 3 rings (SSSR count). The number of carbonyl (C=O) groups excluding carboxylic acids is 1. The lowest BCUT2D eigenvalue weighted by Crippen LogP contribution is -2.11. The molecule has 29 heavy (non-hydrogen) atoms. The van der Waals surface area contributed by atoms with Crippen molar-refractivity contribution in [2.24, 2.45) is 5.92 Å². The number of pyridine rings is 1. The first-order valence-electron chi connectivity index (χ1n) is 8.65. The number of benzene rings is 1. The molecule has 152 valence electrons. The Morgan fingerprint density at radius 1 is 1.14 bits per heavy atom. The van der Waals surface area contributed by atoms with E-state index in [2.05, 4.69) is 34.3 Å². The molecule has 0 aliphatic heterocycles. The highest BCUT2D eigenvalue weighted by atomic mass is 32.1. The number of hydrogen-bond donors (Lipinski definition) is 1. The van der Waals surface area contributed by atoms with Crippen LogP contribution in [-0.4, -0.2) is 21.1 Å². The number of nitrogens with one attached hydrogen (secondary N) is 1. The molecule has 0 aliphatic carbocycles. The Labute approximate surface area is 168 Å². The van der Waals surface area contributed by atoms with E-state index in [1.807, 2.05) is 0 Å². The van der Waals surface area contributed by atoms with E-state index >= 15 is 0 Å². The number of anilines is 1. The summed E-state index contributed by atoms with van der Waals surface area (Å²) in [6.45, 7) is 4.15. The van der Waals surface area contributed by atoms with Crippen molar-refractivity contribution in [3.8, 4) is 11.6 Å². The van der Waals surface area contributed by atoms with Crippen LogP contribution in [0.15, 0.2) is 42.6 Å². The molecule has 6 nitrogen and oxygen atoms in total. The summed E-state index contributed by atoms with van der Waals surface area (Å²) in [6.07, 6.45) is -2.96. The number of ether oxygens (including phenoxy) is 1. The van der Waals surface area contributed by atoms with Crippen LogP contribution in [0.3, 0.4) is 0 Å². The monoisotopic (exact) mass is 422 g/mol. The average Bonchev–Trinajstić information content (AvgIpc) is 3.08. The Balaban J connectivity index is 1.60. The Kier molecular flexibility index (Phi) is 6.12. The van der Waals surface area contributed by atoms with E-state index < -0.39 is 11.7 Å². The second-order valence-corrected chi connectivity index (χ2v) is 7.62. The van der Waals surface area contributed by atoms with Crippen LogP contribution in [0.1, 0.15) is 34.8 Å². The third-order valence-corrected chi connectivity index (χ3v) is 4.53. The average molecular weight is 422 g/mol. The van der Waals surface area contributed by atoms with E-state index in [9.17, 15) is 18.0 Å². The Morgan fingerprint density at radius 2 is 1.86 bits per heavy atom. The summed E-state index contributed by atoms with van der Waals surface area (Å²) >= 11 is 1.32. The number of nitrogens with zero attached hydrogens (tertiary/aromatic N) is 3. The molecule has 0 radical (unpaired) electrons. The summed E-state index contributed by atoms with van der Waals surface area (Å²) in [6, 6.07) is 8.14. The summed E-state index contributed by atoms with van der Waals surface area (Å²) in [5.41, 5.74) is -0.483. The maximum atomic E-state index is 12.6. The molecule has 3 aromatic rings. The van der Waals surface area contributed by atoms with E-state index in [1.54, 1.807) is 0 Å². The molecule has 0 aliphatic rings. The van der Waals surface area contributed by atoms with E-state index in [0.717, 1.165) is 23.6 Å². The molecule has 2 aromatic heterocycles. The summed E-state index contributed by atoms with van der Waals surface area (Å²) in [4.78, 5) is 16.0. The lowest BCUT2D eigenvalue weighted by Gasteiger charge is -2.08. The minimum absolute atomic E-state index is 0.0155. The van der Waals surface area contributed by atoms with E-state index in [-0.39, 0.29) is 11.8 Å². The zero-order valence-corrected chi connectivity index (χ0v) is 16.3. The van der Waals surface area contributed by atoms with Gasteiger partial charge in [-0.25, -0.2) is 4.98 Å². The molecule has 0 saturated heterocycles. The van der Waals surface area contributed by atoms with Crippen LogP contribution < -0.4 is 10.1 Å². The molecular formula is C19H17F3N4O2S. The molecular weight excluding hydrogens is 405 g/mol. The molecule has 0 atom stereocenters. The van der Waals surface area contributed by atoms with Crippen LogP contribution in [0, 0.1) is 5.92 Å². The lowest BCUT2D eigenvalue weighted by molar-refractivity contribution is -0.137. The largest absolute Gasteiger partial charge is 0.439 e. The van der Waals surface area contributed by atoms with Gasteiger partial charge in [0.15, 0.2) is 0 Å². The zero-order valence-electron chi connectivity index (χ0n) is 15.5. The predicted molar refractivity (Wildman–Crippen MR) is 102 cm³/mol. The highest BCUT2D eigenvalue weighted by molar-refractivity contribution is 7.15. The fraction of sp³-hybridized carbons (Fsp3) is 0.263. The van der Waals surface area contributed by atoms with Gasteiger partial charge in [-0.15, -0.1) is 10.2 Å². The number of aromatic nitrogens is 3. The highest BCUT2D eigenvalue weighted by Gasteiger charge is 2.30. The SMILES string of the molecule is CC(C)Cc1nnc(NC(=O)c2ccc(Oc3ccc(C(F)(F)F)cn3)cc2)s1. The van der Waals surface area contributed by atoms with Crippen LogP contribution in [-0.2, 0) is 12.6 Å². The van der Waals surface area contributed by atoms with Crippen molar-refractivity contribution in [1.29, 1.82) is 0 Å². The number of rotatable bonds is 6. The van der Waals surface area contributed by atoms with Gasteiger partial charge in [0.25, 0.3) is 5.91 Å². The molecule has 0 unspecified atom stereocenters. The van der Waals surface area contributed by atoms with Crippen LogP contribution in [0.5, 0.6) is 11.6 Å². The number of halogens is 3. The number of amides is 1. The first-order chi connectivity index (χ1) is 13.7. The van der Waals surface area contributed by atoms with Crippen LogP contribution in [0.4, 0.5) is 18.3 Å². The van der Waals surface area contributed by atoms with Gasteiger partial charge in [0.1, 0.15) is 10.8 Å². The second-order valence-electron chi connectivity index (χ2n) is 6.56. The van der Waals surface area contributed by atoms with Crippen molar-refractivity contribution >= 4 is 22.4 Å². The lowest BCUT2D eigenvalue weighted by atomic mass is 10.1. The maximum Gasteiger partial charge on any atom is 0.417 e. The molecule has 1 N–H and O–H groups in total. The minimum Gasteiger partial charge on any atom is -0.439 e. The fourth-order valence-electron chi connectivity index (χ4n) is 2.31. The summed E-state index contributed by atoms with van der Waals surface area (Å²) in [5, 5.41) is 12.0. The zero-order chi connectivity index (χ0) is 21.0. The molecule has 2 heterocycles. The standard InChI is InChI=1S/C19H17F3N4O2S/c1-11(2)9-16-25-26-18(29-16)24-17(27)12-3-6-14(7-4-12)28-15-8-5-13(10-23-15)19(20,21)22/h3-8,10-11H,9H2,1-2H3,(H,24,26,27). The van der Waals surface area contributed by atoms with Gasteiger partial charge >= 0.3 is 6.18 Å². The Morgan fingerprint density at radius 3 is 2.45 bits per heavy atom. The third-order valence-electron chi connectivity index (χ3n) is 3.67. The van der Waals surface area contributed by atoms with Crippen LogP contribution >= 0.6 is 11.3 Å². The van der Waals surface area contributed by atoms with Crippen molar-refractivity contribution in [2.75, 3.05) is 5.32 Å². The van der Waals surface area contributed by atoms with E-state index in [0.29, 0.717) is 28.6 Å². The van der Waals surface area contributed by atoms with Gasteiger partial charge in [-0.05, 0) is 36.2 Å². The number of hydrogen-bond acceptors (Lipinski definition) is 6. The fourth-order valence-corrected chi connectivity index (χ4v) is 3.26. The van der Waals surface area contributed by atoms with Crippen molar-refractivity contribution in [3.05, 3.63) is 58.7 Å². The topological polar surface area (TPSA) is 77.0 Å². The summed E-state index contributed by atoms with van der Waals surface area (Å²) in [7, 11) is 0. The highest BCUT2D eigenvalue weighted by Crippen LogP contribution is 2.30. The van der Waals surface area contributed by atoms with Gasteiger partial charge in [0, 0.05) is 24.2 Å². The van der Waals surface area contributed by atoms with Gasteiger partial charge in [0.05, 0.1) is 5.56 Å². The second kappa shape index (κ2) is 8.56. The van der Waals surface area contributed by atoms with E-state index in [1.165, 1.54) is 35.6 Å². The maximum absolute atomic E-state index is 12.6. The van der Waals surface area contributed by atoms with E-state index in [4.69, 9.17) is 4.74 Å². The summed E-state index contributed by atoms with van der Waals surface area (Å²) < 4.78 is 43.1. The number of alkyl halides is 3. The normalized spacial score (nSPS) is 11.5. The molecule has 0 spiro atoms. The molecule has 1 amide bonds. The summed E-state index contributed by atoms with van der Waals surface area (Å²) in [5.74, 6) is 0.445. The van der Waals surface area contributed by atoms with Gasteiger partial charge in [0.2, 0.25) is 11.0 Å². The minimum atomic E-state index is -4.46. The first kappa shape index (κ1) is 20.7. The van der Waals surface area contributed by atoms with Crippen molar-refractivity contribution in [1.82, 2.24) is 15.2 Å². The molecule has 0 bridgehead atoms. The van der Waals surface area contributed by atoms with Gasteiger partial charge in [-0.1, -0.05) is 25.2 Å². The van der Waals surface area contributed by atoms with Crippen molar-refractivity contribution in [3.63, 3.8) is 0 Å². The predicted octanol–water partition coefficient (Wildman–Crippen LogP) is 5.20. The van der Waals surface area contributed by atoms with Crippen molar-refractivity contribution in [2.45, 2.75) is 26.4 Å². The molecule has 0 fully saturated rings. The van der Waals surface area contributed by atoms with Crippen LogP contribution in [0.2, 0.25) is 0 Å². The molecule has 1 aromatic carbocycles. The van der Waals surface area contributed by atoms with Crippen molar-refractivity contribution < 1.29 is 22.7 Å². The third kappa shape index (κ3) is 5.74.